The molecule has 0 bridgehead atoms. The summed E-state index contributed by atoms with van der Waals surface area (Å²) in [5.74, 6) is -0.299. The van der Waals surface area contributed by atoms with E-state index in [1.165, 1.54) is 0 Å². The number of ether oxygens (including phenoxy) is 1. The molecule has 6 heteroatoms. The maximum absolute atomic E-state index is 12.8. The minimum absolute atomic E-state index is 0.131. The summed E-state index contributed by atoms with van der Waals surface area (Å²) in [6, 6.07) is 4.94. The number of benzene rings is 1. The number of hydrogen-bond donors (Lipinski definition) is 1. The van der Waals surface area contributed by atoms with Crippen molar-refractivity contribution in [2.24, 2.45) is 0 Å². The molecule has 5 nitrogen and oxygen atoms in total. The van der Waals surface area contributed by atoms with E-state index in [0.717, 1.165) is 10.0 Å². The van der Waals surface area contributed by atoms with E-state index in [0.29, 0.717) is 25.3 Å². The van der Waals surface area contributed by atoms with Crippen LogP contribution in [0.1, 0.15) is 22.8 Å². The molecule has 1 aromatic carbocycles. The average molecular weight is 355 g/mol. The Hall–Kier alpha value is -1.40. The van der Waals surface area contributed by atoms with Crippen molar-refractivity contribution < 1.29 is 14.3 Å². The predicted octanol–water partition coefficient (Wildman–Crippen LogP) is 1.73. The highest BCUT2D eigenvalue weighted by atomic mass is 79.9. The van der Waals surface area contributed by atoms with Gasteiger partial charge in [0.2, 0.25) is 5.91 Å². The molecule has 0 radical (unpaired) electrons. The average Bonchev–Trinajstić information content (AvgIpc) is 2.49. The molecule has 1 atom stereocenters. The Balaban J connectivity index is 2.26. The zero-order valence-corrected chi connectivity index (χ0v) is 13.8. The lowest BCUT2D eigenvalue weighted by molar-refractivity contribution is -0.130. The molecule has 114 valence electrons. The van der Waals surface area contributed by atoms with Gasteiger partial charge in [-0.1, -0.05) is 22.0 Å². The maximum atomic E-state index is 12.8. The Labute approximate surface area is 132 Å². The smallest absolute Gasteiger partial charge is 0.255 e. The highest BCUT2D eigenvalue weighted by molar-refractivity contribution is 9.10. The minimum atomic E-state index is -0.565. The number of carbonyl (C=O) groups is 2. The van der Waals surface area contributed by atoms with Crippen molar-refractivity contribution in [1.82, 2.24) is 10.2 Å². The van der Waals surface area contributed by atoms with E-state index < -0.39 is 6.04 Å². The van der Waals surface area contributed by atoms with Crippen LogP contribution in [-0.2, 0) is 9.53 Å². The fourth-order valence-electron chi connectivity index (χ4n) is 2.35. The van der Waals surface area contributed by atoms with Crippen molar-refractivity contribution in [3.63, 3.8) is 0 Å². The van der Waals surface area contributed by atoms with Gasteiger partial charge in [-0.3, -0.25) is 9.59 Å². The zero-order valence-electron chi connectivity index (χ0n) is 12.2. The predicted molar refractivity (Wildman–Crippen MR) is 83.2 cm³/mol. The molecule has 2 amide bonds. The first kappa shape index (κ1) is 16.0. The second-order valence-corrected chi connectivity index (χ2v) is 5.75. The van der Waals surface area contributed by atoms with Crippen LogP contribution in [0.25, 0.3) is 0 Å². The maximum Gasteiger partial charge on any atom is 0.255 e. The lowest BCUT2D eigenvalue weighted by atomic mass is 10.1. The Morgan fingerprint density at radius 2 is 2.24 bits per heavy atom. The summed E-state index contributed by atoms with van der Waals surface area (Å²) < 4.78 is 6.24. The summed E-state index contributed by atoms with van der Waals surface area (Å²) in [4.78, 5) is 26.5. The fraction of sp³-hybridized carbons (Fsp3) is 0.467. The van der Waals surface area contributed by atoms with Crippen LogP contribution in [0.3, 0.4) is 0 Å². The van der Waals surface area contributed by atoms with Crippen LogP contribution in [0.4, 0.5) is 0 Å². The van der Waals surface area contributed by atoms with Crippen LogP contribution in [0.15, 0.2) is 22.7 Å². The third-order valence-corrected chi connectivity index (χ3v) is 4.40. The van der Waals surface area contributed by atoms with Crippen molar-refractivity contribution in [3.8, 4) is 0 Å². The SMILES string of the molecule is CCNC(=O)C1COCCN1C(=O)c1cccc(Br)c1C. The van der Waals surface area contributed by atoms with Crippen molar-refractivity contribution in [3.05, 3.63) is 33.8 Å². The Morgan fingerprint density at radius 3 is 2.95 bits per heavy atom. The molecular weight excluding hydrogens is 336 g/mol. The van der Waals surface area contributed by atoms with E-state index in [2.05, 4.69) is 21.2 Å². The minimum Gasteiger partial charge on any atom is -0.377 e. The first-order chi connectivity index (χ1) is 10.1. The van der Waals surface area contributed by atoms with Crippen LogP contribution in [0.2, 0.25) is 0 Å². The zero-order chi connectivity index (χ0) is 15.4. The van der Waals surface area contributed by atoms with Crippen LogP contribution in [0, 0.1) is 6.92 Å². The summed E-state index contributed by atoms with van der Waals surface area (Å²) in [6.45, 7) is 5.39. The number of amides is 2. The lowest BCUT2D eigenvalue weighted by Gasteiger charge is -2.34. The van der Waals surface area contributed by atoms with Crippen molar-refractivity contribution in [1.29, 1.82) is 0 Å². The lowest BCUT2D eigenvalue weighted by Crippen LogP contribution is -2.56. The van der Waals surface area contributed by atoms with E-state index in [-0.39, 0.29) is 18.4 Å². The number of halogens is 1. The molecule has 0 aromatic heterocycles. The summed E-state index contributed by atoms with van der Waals surface area (Å²) >= 11 is 3.43. The second-order valence-electron chi connectivity index (χ2n) is 4.90. The van der Waals surface area contributed by atoms with Crippen LogP contribution in [0.5, 0.6) is 0 Å². The monoisotopic (exact) mass is 354 g/mol. The summed E-state index contributed by atoms with van der Waals surface area (Å²) in [7, 11) is 0. The third kappa shape index (κ3) is 3.44. The van der Waals surface area contributed by atoms with Gasteiger partial charge in [-0.2, -0.15) is 0 Å². The van der Waals surface area contributed by atoms with Crippen LogP contribution >= 0.6 is 15.9 Å². The number of nitrogens with zero attached hydrogens (tertiary/aromatic N) is 1. The number of nitrogens with one attached hydrogen (secondary N) is 1. The van der Waals surface area contributed by atoms with Gasteiger partial charge in [-0.15, -0.1) is 0 Å². The first-order valence-corrected chi connectivity index (χ1v) is 7.77. The molecule has 1 unspecified atom stereocenters. The van der Waals surface area contributed by atoms with Crippen molar-refractivity contribution in [2.75, 3.05) is 26.3 Å². The molecule has 2 rings (SSSR count). The van der Waals surface area contributed by atoms with Gasteiger partial charge in [0, 0.05) is 23.1 Å². The highest BCUT2D eigenvalue weighted by Gasteiger charge is 2.33. The summed E-state index contributed by atoms with van der Waals surface area (Å²) in [6.07, 6.45) is 0. The van der Waals surface area contributed by atoms with Gasteiger partial charge < -0.3 is 15.0 Å². The molecule has 1 saturated heterocycles. The Kier molecular flexibility index (Phi) is 5.36. The standard InChI is InChI=1S/C15H19BrN2O3/c1-3-17-14(19)13-9-21-8-7-18(13)15(20)11-5-4-6-12(16)10(11)2/h4-6,13H,3,7-9H2,1-2H3,(H,17,19). The van der Waals surface area contributed by atoms with Gasteiger partial charge in [0.1, 0.15) is 6.04 Å². The van der Waals surface area contributed by atoms with Gasteiger partial charge >= 0.3 is 0 Å². The molecular formula is C15H19BrN2O3. The van der Waals surface area contributed by atoms with Crippen LogP contribution in [-0.4, -0.2) is 49.1 Å². The summed E-state index contributed by atoms with van der Waals surface area (Å²) in [5.41, 5.74) is 1.49. The van der Waals surface area contributed by atoms with Gasteiger partial charge in [-0.25, -0.2) is 0 Å². The molecule has 1 aromatic rings. The molecule has 1 aliphatic heterocycles. The van der Waals surface area contributed by atoms with E-state index in [1.807, 2.05) is 26.0 Å². The molecule has 1 heterocycles. The Bertz CT molecular complexity index is 548. The fourth-order valence-corrected chi connectivity index (χ4v) is 2.72. The van der Waals surface area contributed by atoms with E-state index >= 15 is 0 Å². The van der Waals surface area contributed by atoms with E-state index in [4.69, 9.17) is 4.74 Å². The van der Waals surface area contributed by atoms with Gasteiger partial charge in [-0.05, 0) is 31.5 Å². The molecule has 1 N–H and O–H groups in total. The molecule has 0 spiro atoms. The molecule has 1 aliphatic rings. The van der Waals surface area contributed by atoms with Gasteiger partial charge in [0.25, 0.3) is 5.91 Å². The van der Waals surface area contributed by atoms with Gasteiger partial charge in [0.15, 0.2) is 0 Å². The number of hydrogen-bond acceptors (Lipinski definition) is 3. The van der Waals surface area contributed by atoms with Crippen LogP contribution < -0.4 is 5.32 Å². The molecule has 0 aliphatic carbocycles. The largest absolute Gasteiger partial charge is 0.377 e. The van der Waals surface area contributed by atoms with Gasteiger partial charge in [0.05, 0.1) is 13.2 Å². The molecule has 1 fully saturated rings. The Morgan fingerprint density at radius 1 is 1.48 bits per heavy atom. The number of likely N-dealkylation sites (N-methyl/N-ethyl adjacent to an activating group) is 1. The second kappa shape index (κ2) is 7.04. The number of morpholine rings is 1. The number of carbonyl (C=O) groups excluding carboxylic acids is 2. The first-order valence-electron chi connectivity index (χ1n) is 6.97. The molecule has 21 heavy (non-hydrogen) atoms. The number of rotatable bonds is 3. The quantitative estimate of drug-likeness (QED) is 0.899. The van der Waals surface area contributed by atoms with Crippen molar-refractivity contribution >= 4 is 27.7 Å². The van der Waals surface area contributed by atoms with E-state index in [9.17, 15) is 9.59 Å². The third-order valence-electron chi connectivity index (χ3n) is 3.54. The van der Waals surface area contributed by atoms with E-state index in [1.54, 1.807) is 11.0 Å². The normalized spacial score (nSPS) is 18.4. The highest BCUT2D eigenvalue weighted by Crippen LogP contribution is 2.22. The summed E-state index contributed by atoms with van der Waals surface area (Å²) in [5, 5.41) is 2.76. The topological polar surface area (TPSA) is 58.6 Å². The van der Waals surface area contributed by atoms with Crippen molar-refractivity contribution in [2.45, 2.75) is 19.9 Å². The molecule has 0 saturated carbocycles.